The third-order valence-corrected chi connectivity index (χ3v) is 4.40. The zero-order valence-electron chi connectivity index (χ0n) is 11.5. The van der Waals surface area contributed by atoms with Crippen molar-refractivity contribution in [1.29, 1.82) is 0 Å². The molecule has 2 aromatic rings. The van der Waals surface area contributed by atoms with E-state index in [0.717, 1.165) is 20.9 Å². The van der Waals surface area contributed by atoms with E-state index >= 15 is 0 Å². The van der Waals surface area contributed by atoms with Gasteiger partial charge in [0.15, 0.2) is 0 Å². The van der Waals surface area contributed by atoms with Crippen LogP contribution in [-0.4, -0.2) is 16.4 Å². The van der Waals surface area contributed by atoms with Gasteiger partial charge in [-0.15, -0.1) is 11.3 Å². The fourth-order valence-electron chi connectivity index (χ4n) is 1.94. The van der Waals surface area contributed by atoms with E-state index in [0.29, 0.717) is 12.8 Å². The molecule has 0 fully saturated rings. The maximum absolute atomic E-state index is 12.2. The molecule has 0 saturated carbocycles. The van der Waals surface area contributed by atoms with E-state index in [1.54, 1.807) is 11.3 Å². The summed E-state index contributed by atoms with van der Waals surface area (Å²) in [5, 5.41) is 3.92. The van der Waals surface area contributed by atoms with Crippen molar-refractivity contribution in [1.82, 2.24) is 4.98 Å². The minimum absolute atomic E-state index is 0.127. The number of aryl methyl sites for hydroxylation is 1. The van der Waals surface area contributed by atoms with E-state index in [4.69, 9.17) is 5.73 Å². The summed E-state index contributed by atoms with van der Waals surface area (Å²) in [6, 6.07) is 5.74. The Morgan fingerprint density at radius 2 is 2.11 bits per heavy atom. The van der Waals surface area contributed by atoms with Crippen molar-refractivity contribution in [3.05, 3.63) is 23.2 Å². The number of amides is 1. The number of nitrogens with one attached hydrogen (secondary N) is 1. The number of rotatable bonds is 4. The molecule has 1 heterocycles. The molecule has 5 heteroatoms. The average Bonchev–Trinajstić information content (AvgIpc) is 2.77. The maximum atomic E-state index is 12.2. The minimum Gasteiger partial charge on any atom is -0.324 e. The summed E-state index contributed by atoms with van der Waals surface area (Å²) in [6.07, 6.45) is 1.24. The first kappa shape index (κ1) is 14.0. The number of benzene rings is 1. The van der Waals surface area contributed by atoms with Gasteiger partial charge in [-0.1, -0.05) is 13.8 Å². The molecule has 2 rings (SSSR count). The number of hydrogen-bond donors (Lipinski definition) is 2. The number of carbonyl (C=O) groups is 1. The van der Waals surface area contributed by atoms with Crippen LogP contribution in [0.4, 0.5) is 5.69 Å². The quantitative estimate of drug-likeness (QED) is 0.902. The fraction of sp³-hybridized carbons (Fsp3) is 0.429. The monoisotopic (exact) mass is 277 g/mol. The number of aromatic nitrogens is 1. The Hall–Kier alpha value is -1.46. The van der Waals surface area contributed by atoms with Crippen LogP contribution in [-0.2, 0) is 4.79 Å². The van der Waals surface area contributed by atoms with Crippen LogP contribution < -0.4 is 11.1 Å². The van der Waals surface area contributed by atoms with Crippen molar-refractivity contribution in [3.8, 4) is 0 Å². The fourth-order valence-corrected chi connectivity index (χ4v) is 2.81. The molecular formula is C14H19N3OS. The van der Waals surface area contributed by atoms with Crippen molar-refractivity contribution >= 4 is 33.1 Å². The minimum atomic E-state index is -0.793. The molecule has 0 atom stereocenters. The molecule has 102 valence electrons. The molecule has 3 N–H and O–H groups in total. The van der Waals surface area contributed by atoms with Crippen LogP contribution in [0, 0.1) is 6.92 Å². The summed E-state index contributed by atoms with van der Waals surface area (Å²) >= 11 is 1.62. The van der Waals surface area contributed by atoms with Gasteiger partial charge in [0, 0.05) is 5.69 Å². The highest BCUT2D eigenvalue weighted by molar-refractivity contribution is 7.18. The second-order valence-electron chi connectivity index (χ2n) is 4.73. The number of thiazole rings is 1. The number of anilines is 1. The summed E-state index contributed by atoms with van der Waals surface area (Å²) in [6.45, 7) is 5.83. The van der Waals surface area contributed by atoms with Gasteiger partial charge < -0.3 is 11.1 Å². The van der Waals surface area contributed by atoms with Gasteiger partial charge in [0.1, 0.15) is 0 Å². The molecule has 1 aromatic carbocycles. The molecule has 1 aromatic heterocycles. The molecule has 4 nitrogen and oxygen atoms in total. The maximum Gasteiger partial charge on any atom is 0.244 e. The molecule has 0 saturated heterocycles. The van der Waals surface area contributed by atoms with Crippen molar-refractivity contribution in [2.45, 2.75) is 39.2 Å². The smallest absolute Gasteiger partial charge is 0.244 e. The van der Waals surface area contributed by atoms with E-state index in [1.165, 1.54) is 0 Å². The van der Waals surface area contributed by atoms with Crippen LogP contribution in [0.5, 0.6) is 0 Å². The van der Waals surface area contributed by atoms with E-state index < -0.39 is 5.54 Å². The summed E-state index contributed by atoms with van der Waals surface area (Å²) < 4.78 is 1.07. The highest BCUT2D eigenvalue weighted by Crippen LogP contribution is 2.25. The summed E-state index contributed by atoms with van der Waals surface area (Å²) in [4.78, 5) is 16.6. The van der Waals surface area contributed by atoms with Crippen LogP contribution in [0.1, 0.15) is 31.7 Å². The lowest BCUT2D eigenvalue weighted by Crippen LogP contribution is -2.50. The molecule has 0 unspecified atom stereocenters. The predicted molar refractivity (Wildman–Crippen MR) is 80.5 cm³/mol. The zero-order valence-corrected chi connectivity index (χ0v) is 12.3. The first-order valence-corrected chi connectivity index (χ1v) is 7.27. The molecule has 0 aliphatic carbocycles. The van der Waals surface area contributed by atoms with Crippen LogP contribution >= 0.6 is 11.3 Å². The number of hydrogen-bond acceptors (Lipinski definition) is 4. The highest BCUT2D eigenvalue weighted by atomic mass is 32.1. The van der Waals surface area contributed by atoms with Crippen LogP contribution in [0.3, 0.4) is 0 Å². The van der Waals surface area contributed by atoms with Gasteiger partial charge in [0.05, 0.1) is 20.8 Å². The Labute approximate surface area is 117 Å². The Kier molecular flexibility index (Phi) is 3.87. The van der Waals surface area contributed by atoms with Gasteiger partial charge in [-0.25, -0.2) is 4.98 Å². The number of nitrogens with two attached hydrogens (primary N) is 1. The second kappa shape index (κ2) is 5.27. The Balaban J connectivity index is 2.23. The second-order valence-corrected chi connectivity index (χ2v) is 5.97. The van der Waals surface area contributed by atoms with Gasteiger partial charge in [-0.05, 0) is 38.0 Å². The van der Waals surface area contributed by atoms with Gasteiger partial charge >= 0.3 is 0 Å². The number of fused-ring (bicyclic) bond motifs is 1. The molecule has 0 aliphatic heterocycles. The van der Waals surface area contributed by atoms with Crippen molar-refractivity contribution < 1.29 is 4.79 Å². The third-order valence-electron chi connectivity index (χ3n) is 3.47. The Morgan fingerprint density at radius 3 is 2.74 bits per heavy atom. The van der Waals surface area contributed by atoms with E-state index in [9.17, 15) is 4.79 Å². The third kappa shape index (κ3) is 2.77. The van der Waals surface area contributed by atoms with Crippen molar-refractivity contribution in [2.24, 2.45) is 5.73 Å². The molecular weight excluding hydrogens is 258 g/mol. The van der Waals surface area contributed by atoms with E-state index in [2.05, 4.69) is 10.3 Å². The van der Waals surface area contributed by atoms with Gasteiger partial charge in [0.25, 0.3) is 0 Å². The topological polar surface area (TPSA) is 68.0 Å². The van der Waals surface area contributed by atoms with Crippen molar-refractivity contribution in [3.63, 3.8) is 0 Å². The summed E-state index contributed by atoms with van der Waals surface area (Å²) in [5.74, 6) is -0.127. The first-order chi connectivity index (χ1) is 8.98. The predicted octanol–water partition coefficient (Wildman–Crippen LogP) is 3.06. The number of nitrogens with zero attached hydrogens (tertiary/aromatic N) is 1. The van der Waals surface area contributed by atoms with Gasteiger partial charge in [0.2, 0.25) is 5.91 Å². The lowest BCUT2D eigenvalue weighted by molar-refractivity contribution is -0.121. The normalized spacial score (nSPS) is 11.8. The molecule has 0 bridgehead atoms. The van der Waals surface area contributed by atoms with Gasteiger partial charge in [-0.2, -0.15) is 0 Å². The van der Waals surface area contributed by atoms with E-state index in [-0.39, 0.29) is 5.91 Å². The molecule has 0 radical (unpaired) electrons. The average molecular weight is 277 g/mol. The largest absolute Gasteiger partial charge is 0.324 e. The Morgan fingerprint density at radius 1 is 1.42 bits per heavy atom. The summed E-state index contributed by atoms with van der Waals surface area (Å²) in [7, 11) is 0. The highest BCUT2D eigenvalue weighted by Gasteiger charge is 2.29. The molecule has 0 spiro atoms. The molecule has 0 aliphatic rings. The van der Waals surface area contributed by atoms with Crippen LogP contribution in [0.25, 0.3) is 10.2 Å². The van der Waals surface area contributed by atoms with Crippen LogP contribution in [0.15, 0.2) is 18.2 Å². The lowest BCUT2D eigenvalue weighted by Gasteiger charge is -2.25. The zero-order chi connectivity index (χ0) is 14.0. The first-order valence-electron chi connectivity index (χ1n) is 6.46. The number of carbonyl (C=O) groups excluding carboxylic acids is 1. The summed E-state index contributed by atoms with van der Waals surface area (Å²) in [5.41, 5.74) is 7.03. The standard InChI is InChI=1S/C14H19N3OS/c1-4-14(15,5-2)13(18)17-10-6-7-11-12(8-10)19-9(3)16-11/h6-8H,4-5,15H2,1-3H3,(H,17,18). The lowest BCUT2D eigenvalue weighted by atomic mass is 9.93. The van der Waals surface area contributed by atoms with Gasteiger partial charge in [-0.3, -0.25) is 4.79 Å². The van der Waals surface area contributed by atoms with Crippen LogP contribution in [0.2, 0.25) is 0 Å². The van der Waals surface area contributed by atoms with Crippen molar-refractivity contribution in [2.75, 3.05) is 5.32 Å². The molecule has 1 amide bonds. The SMILES string of the molecule is CCC(N)(CC)C(=O)Nc1ccc2nc(C)sc2c1. The molecule has 19 heavy (non-hydrogen) atoms. The Bertz CT molecular complexity index is 602. The van der Waals surface area contributed by atoms with E-state index in [1.807, 2.05) is 39.0 Å².